The van der Waals surface area contributed by atoms with Gasteiger partial charge in [0.1, 0.15) is 6.04 Å². The molecule has 0 saturated carbocycles. The molecule has 11 heavy (non-hydrogen) atoms. The van der Waals surface area contributed by atoms with Crippen LogP contribution in [0.1, 0.15) is 6.42 Å². The Morgan fingerprint density at radius 2 is 2.00 bits per heavy atom. The van der Waals surface area contributed by atoms with Crippen LogP contribution in [-0.2, 0) is 4.79 Å². The van der Waals surface area contributed by atoms with E-state index in [0.29, 0.717) is 13.0 Å². The van der Waals surface area contributed by atoms with Crippen LogP contribution in [-0.4, -0.2) is 45.8 Å². The van der Waals surface area contributed by atoms with Gasteiger partial charge in [0.15, 0.2) is 0 Å². The normalized spacial score (nSPS) is 28.5. The van der Waals surface area contributed by atoms with Crippen LogP contribution in [0.3, 0.4) is 0 Å². The Balaban J connectivity index is 0. The van der Waals surface area contributed by atoms with Gasteiger partial charge in [0.25, 0.3) is 0 Å². The molecule has 0 spiro atoms. The van der Waals surface area contributed by atoms with E-state index < -0.39 is 18.1 Å². The fourth-order valence-electron chi connectivity index (χ4n) is 0.905. The van der Waals surface area contributed by atoms with E-state index in [9.17, 15) is 4.79 Å². The lowest BCUT2D eigenvalue weighted by Gasteiger charge is -1.99. The summed E-state index contributed by atoms with van der Waals surface area (Å²) in [7, 11) is 0. The van der Waals surface area contributed by atoms with Crippen LogP contribution in [0, 0.1) is 0 Å². The molecule has 7 N–H and O–H groups in total. The van der Waals surface area contributed by atoms with Gasteiger partial charge in [-0.05, 0) is 0 Å². The van der Waals surface area contributed by atoms with Gasteiger partial charge in [0.05, 0.1) is 6.10 Å². The van der Waals surface area contributed by atoms with Gasteiger partial charge in [0, 0.05) is 13.0 Å². The number of carboxylic acids is 1. The van der Waals surface area contributed by atoms with Gasteiger partial charge in [-0.2, -0.15) is 0 Å². The van der Waals surface area contributed by atoms with Gasteiger partial charge in [-0.3, -0.25) is 4.79 Å². The molecule has 1 fully saturated rings. The number of hydrogen-bond donors (Lipinski definition) is 3. The van der Waals surface area contributed by atoms with E-state index in [1.54, 1.807) is 0 Å². The summed E-state index contributed by atoms with van der Waals surface area (Å²) in [6.07, 6.45) is -0.152. The maximum Gasteiger partial charge on any atom is 0.320 e. The molecule has 0 bridgehead atoms. The van der Waals surface area contributed by atoms with Crippen LogP contribution in [0.4, 0.5) is 0 Å². The third-order valence-electron chi connectivity index (χ3n) is 1.41. The Bertz CT molecular complexity index is 128. The first-order chi connectivity index (χ1) is 4.20. The first kappa shape index (κ1) is 12.9. The molecule has 0 aromatic rings. The van der Waals surface area contributed by atoms with E-state index in [0.717, 1.165) is 0 Å². The summed E-state index contributed by atoms with van der Waals surface area (Å²) in [5.41, 5.74) is 0. The Kier molecular flexibility index (Phi) is 5.91. The summed E-state index contributed by atoms with van der Waals surface area (Å²) in [5, 5.41) is 19.8. The summed E-state index contributed by atoms with van der Waals surface area (Å²) in [4.78, 5) is 10.2. The maximum atomic E-state index is 10.2. The second-order valence-corrected chi connectivity index (χ2v) is 2.19. The zero-order chi connectivity index (χ0) is 6.85. The Morgan fingerprint density at radius 1 is 1.45 bits per heavy atom. The number of carbonyl (C=O) groups is 1. The molecule has 1 saturated heterocycles. The largest absolute Gasteiger partial charge is 0.480 e. The fourth-order valence-corrected chi connectivity index (χ4v) is 0.905. The van der Waals surface area contributed by atoms with Crippen molar-refractivity contribution in [1.82, 2.24) is 5.32 Å². The molecule has 68 valence electrons. The Labute approximate surface area is 63.5 Å². The van der Waals surface area contributed by atoms with Crippen LogP contribution < -0.4 is 5.32 Å². The summed E-state index contributed by atoms with van der Waals surface area (Å²) in [6.45, 7) is 0.400. The first-order valence-electron chi connectivity index (χ1n) is 2.84. The van der Waals surface area contributed by atoms with E-state index in [1.807, 2.05) is 0 Å². The quantitative estimate of drug-likeness (QED) is 0.387. The standard InChI is InChI=1S/C5H9NO3.2H2O/c7-3-1-4(5(8)9)6-2-3;;/h3-4,6-7H,1-2H2,(H,8,9);2*1H2. The molecule has 2 unspecified atom stereocenters. The molecule has 6 nitrogen and oxygen atoms in total. The smallest absolute Gasteiger partial charge is 0.320 e. The van der Waals surface area contributed by atoms with Crippen LogP contribution in [0.25, 0.3) is 0 Å². The molecule has 0 radical (unpaired) electrons. The Hall–Kier alpha value is -0.690. The maximum absolute atomic E-state index is 10.2. The van der Waals surface area contributed by atoms with Crippen molar-refractivity contribution in [3.8, 4) is 0 Å². The van der Waals surface area contributed by atoms with Gasteiger partial charge >= 0.3 is 5.97 Å². The lowest BCUT2D eigenvalue weighted by Crippen LogP contribution is -2.29. The molecule has 6 heteroatoms. The Morgan fingerprint density at radius 3 is 2.18 bits per heavy atom. The van der Waals surface area contributed by atoms with Crippen molar-refractivity contribution < 1.29 is 26.0 Å². The summed E-state index contributed by atoms with van der Waals surface area (Å²) in [5.74, 6) is -0.883. The predicted octanol–water partition coefficient (Wildman–Crippen LogP) is -2.86. The first-order valence-corrected chi connectivity index (χ1v) is 2.84. The van der Waals surface area contributed by atoms with E-state index >= 15 is 0 Å². The molecule has 1 rings (SSSR count). The van der Waals surface area contributed by atoms with Crippen molar-refractivity contribution in [1.29, 1.82) is 0 Å². The van der Waals surface area contributed by atoms with Crippen LogP contribution >= 0.6 is 0 Å². The molecule has 0 amide bonds. The average Bonchev–Trinajstić information content (AvgIpc) is 2.14. The minimum atomic E-state index is -0.883. The second-order valence-electron chi connectivity index (χ2n) is 2.19. The van der Waals surface area contributed by atoms with Crippen LogP contribution in [0.2, 0.25) is 0 Å². The molecular formula is C5H13NO5. The number of aliphatic hydroxyl groups is 1. The molecule has 0 aromatic carbocycles. The SMILES string of the molecule is O.O.O=C(O)C1CC(O)CN1. The van der Waals surface area contributed by atoms with E-state index in [-0.39, 0.29) is 11.0 Å². The molecule has 1 heterocycles. The van der Waals surface area contributed by atoms with Gasteiger partial charge in [0.2, 0.25) is 0 Å². The van der Waals surface area contributed by atoms with Crippen molar-refractivity contribution >= 4 is 5.97 Å². The lowest BCUT2D eigenvalue weighted by molar-refractivity contribution is -0.139. The topological polar surface area (TPSA) is 133 Å². The van der Waals surface area contributed by atoms with Gasteiger partial charge in [-0.25, -0.2) is 0 Å². The summed E-state index contributed by atoms with van der Waals surface area (Å²) < 4.78 is 0. The van der Waals surface area contributed by atoms with E-state index in [1.165, 1.54) is 0 Å². The minimum absolute atomic E-state index is 0. The molecule has 2 atom stereocenters. The number of aliphatic hydroxyl groups excluding tert-OH is 1. The third-order valence-corrected chi connectivity index (χ3v) is 1.41. The van der Waals surface area contributed by atoms with E-state index in [2.05, 4.69) is 5.32 Å². The number of carboxylic acid groups (broad SMARTS) is 1. The second kappa shape index (κ2) is 5.03. The highest BCUT2D eigenvalue weighted by Gasteiger charge is 2.27. The number of aliphatic carboxylic acids is 1. The fraction of sp³-hybridized carbons (Fsp3) is 0.800. The molecule has 1 aliphatic heterocycles. The van der Waals surface area contributed by atoms with E-state index in [4.69, 9.17) is 10.2 Å². The number of nitrogens with one attached hydrogen (secondary N) is 1. The van der Waals surface area contributed by atoms with Crippen molar-refractivity contribution in [2.75, 3.05) is 6.54 Å². The summed E-state index contributed by atoms with van der Waals surface area (Å²) >= 11 is 0. The minimum Gasteiger partial charge on any atom is -0.480 e. The van der Waals surface area contributed by atoms with Gasteiger partial charge in [-0.1, -0.05) is 0 Å². The molecular weight excluding hydrogens is 154 g/mol. The third kappa shape index (κ3) is 3.28. The van der Waals surface area contributed by atoms with Crippen LogP contribution in [0.15, 0.2) is 0 Å². The predicted molar refractivity (Wildman–Crippen MR) is 37.3 cm³/mol. The van der Waals surface area contributed by atoms with Crippen molar-refractivity contribution in [2.24, 2.45) is 0 Å². The molecule has 1 aliphatic rings. The van der Waals surface area contributed by atoms with Crippen LogP contribution in [0.5, 0.6) is 0 Å². The van der Waals surface area contributed by atoms with Crippen molar-refractivity contribution in [2.45, 2.75) is 18.6 Å². The number of β-amino-alcohol motifs (C(OH)–C–C–N with tert-alkyl or cyclic N) is 1. The highest BCUT2D eigenvalue weighted by Crippen LogP contribution is 2.05. The number of rotatable bonds is 1. The monoisotopic (exact) mass is 167 g/mol. The molecule has 0 aromatic heterocycles. The zero-order valence-electron chi connectivity index (χ0n) is 5.87. The van der Waals surface area contributed by atoms with Gasteiger partial charge in [-0.15, -0.1) is 0 Å². The lowest BCUT2D eigenvalue weighted by atomic mass is 10.2. The highest BCUT2D eigenvalue weighted by atomic mass is 16.4. The highest BCUT2D eigenvalue weighted by molar-refractivity contribution is 5.73. The van der Waals surface area contributed by atoms with Crippen molar-refractivity contribution in [3.05, 3.63) is 0 Å². The molecule has 0 aliphatic carbocycles. The number of hydrogen-bond acceptors (Lipinski definition) is 3. The summed E-state index contributed by atoms with van der Waals surface area (Å²) in [6, 6.07) is -0.542. The average molecular weight is 167 g/mol. The zero-order valence-corrected chi connectivity index (χ0v) is 5.87. The van der Waals surface area contributed by atoms with Gasteiger partial charge < -0.3 is 26.5 Å². The van der Waals surface area contributed by atoms with Crippen molar-refractivity contribution in [3.63, 3.8) is 0 Å².